The lowest BCUT2D eigenvalue weighted by Crippen LogP contribution is -2.17. The SMILES string of the molecule is Cc1c(COc2nc(OCCC(N)=CC=N)c(CNCCCC(=O)O)cc2Br)cccc1-c1cccc(COc2nc(OCCc3ccn[nH]3)c(CNCCCC(=O)O)cc2Br)c1C. The number of rotatable bonds is 28. The third-order valence-corrected chi connectivity index (χ3v) is 11.2. The van der Waals surface area contributed by atoms with Gasteiger partial charge in [0.05, 0.1) is 22.2 Å². The number of carbonyl (C=O) groups is 2. The predicted molar refractivity (Wildman–Crippen MR) is 250 cm³/mol. The number of aliphatic carboxylic acids is 2. The molecular weight excluding hydrogens is 952 g/mol. The average Bonchev–Trinajstić information content (AvgIpc) is 3.78. The van der Waals surface area contributed by atoms with Crippen LogP contribution in [-0.4, -0.2) is 74.8 Å². The van der Waals surface area contributed by atoms with Crippen molar-refractivity contribution in [2.24, 2.45) is 5.73 Å². The standard InChI is InChI=1S/C46H54Br2N8O8/c1-29-31(27-63-45-39(47)23-33(25-51-18-5-11-41(57)58)43(54-45)61-21-15-35(50)13-17-49)7-3-9-37(29)38-10-4-8-32(30(38)2)28-64-46-40(48)24-34(26-52-19-6-12-42(59)60)44(55-46)62-22-16-36-14-20-53-56-36/h3-4,7-10,13-14,17,20,23-24,49,51-52H,5-6,11-12,15-16,18-19,21-22,25-28,50H2,1-2H3,(H,53,56)(H,57,58)(H,59,60). The molecule has 5 rings (SSSR count). The summed E-state index contributed by atoms with van der Waals surface area (Å²) >= 11 is 7.27. The van der Waals surface area contributed by atoms with E-state index in [-0.39, 0.29) is 32.7 Å². The van der Waals surface area contributed by atoms with Gasteiger partial charge in [0.1, 0.15) is 13.2 Å². The van der Waals surface area contributed by atoms with Crippen molar-refractivity contribution in [2.75, 3.05) is 26.3 Å². The molecule has 0 atom stereocenters. The Balaban J connectivity index is 1.29. The molecule has 16 nitrogen and oxygen atoms in total. The zero-order chi connectivity index (χ0) is 45.8. The molecule has 5 aromatic rings. The monoisotopic (exact) mass is 1000 g/mol. The molecule has 0 saturated carbocycles. The molecule has 0 fully saturated rings. The zero-order valence-electron chi connectivity index (χ0n) is 35.8. The molecule has 0 saturated heterocycles. The van der Waals surface area contributed by atoms with E-state index in [9.17, 15) is 9.59 Å². The molecule has 0 unspecified atom stereocenters. The van der Waals surface area contributed by atoms with Gasteiger partial charge in [-0.3, -0.25) is 14.7 Å². The van der Waals surface area contributed by atoms with Gasteiger partial charge in [0.15, 0.2) is 0 Å². The lowest BCUT2D eigenvalue weighted by molar-refractivity contribution is -0.138. The van der Waals surface area contributed by atoms with Crippen molar-refractivity contribution in [1.29, 1.82) is 5.41 Å². The molecule has 0 aliphatic heterocycles. The van der Waals surface area contributed by atoms with Crippen molar-refractivity contribution in [3.05, 3.63) is 121 Å². The Morgan fingerprint density at radius 1 is 0.734 bits per heavy atom. The first-order chi connectivity index (χ1) is 30.9. The summed E-state index contributed by atoms with van der Waals surface area (Å²) in [7, 11) is 0. The Hall–Kier alpha value is -5.82. The second-order valence-electron chi connectivity index (χ2n) is 14.8. The lowest BCUT2D eigenvalue weighted by atomic mass is 9.92. The van der Waals surface area contributed by atoms with E-state index < -0.39 is 11.9 Å². The summed E-state index contributed by atoms with van der Waals surface area (Å²) in [5.74, 6) is -0.165. The van der Waals surface area contributed by atoms with Crippen molar-refractivity contribution in [1.82, 2.24) is 30.8 Å². The number of allylic oxidation sites excluding steroid dienone is 1. The number of aromatic amines is 1. The molecule has 0 aliphatic rings. The number of pyridine rings is 2. The van der Waals surface area contributed by atoms with Crippen LogP contribution in [0.4, 0.5) is 0 Å². The number of hydrogen-bond donors (Lipinski definition) is 7. The largest absolute Gasteiger partial charge is 0.481 e. The van der Waals surface area contributed by atoms with E-state index in [4.69, 9.17) is 50.3 Å². The molecule has 18 heteroatoms. The predicted octanol–water partition coefficient (Wildman–Crippen LogP) is 7.96. The maximum absolute atomic E-state index is 11.0. The lowest BCUT2D eigenvalue weighted by Gasteiger charge is -2.18. The summed E-state index contributed by atoms with van der Waals surface area (Å²) in [4.78, 5) is 31.4. The van der Waals surface area contributed by atoms with Crippen LogP contribution >= 0.6 is 31.9 Å². The molecule has 64 heavy (non-hydrogen) atoms. The van der Waals surface area contributed by atoms with Crippen LogP contribution in [-0.2, 0) is 42.3 Å². The van der Waals surface area contributed by atoms with Crippen molar-refractivity contribution in [2.45, 2.75) is 78.7 Å². The number of benzene rings is 2. The molecule has 340 valence electrons. The van der Waals surface area contributed by atoms with Crippen LogP contribution in [0.2, 0.25) is 0 Å². The summed E-state index contributed by atoms with van der Waals surface area (Å²) in [6.45, 7) is 7.08. The minimum absolute atomic E-state index is 0.0709. The number of aromatic nitrogens is 4. The van der Waals surface area contributed by atoms with Gasteiger partial charge in [-0.05, 0) is 129 Å². The number of H-pyrrole nitrogens is 1. The fraction of sp³-hybridized carbons (Fsp3) is 0.348. The van der Waals surface area contributed by atoms with E-state index in [0.29, 0.717) is 96.6 Å². The van der Waals surface area contributed by atoms with Gasteiger partial charge in [0, 0.05) is 73.7 Å². The third kappa shape index (κ3) is 15.2. The molecule has 0 bridgehead atoms. The quantitative estimate of drug-likeness (QED) is 0.0186. The molecule has 3 heterocycles. The molecule has 2 aromatic carbocycles. The maximum atomic E-state index is 11.0. The first-order valence-electron chi connectivity index (χ1n) is 20.8. The van der Waals surface area contributed by atoms with Crippen molar-refractivity contribution < 1.29 is 38.7 Å². The number of nitrogens with zero attached hydrogens (tertiary/aromatic N) is 3. The van der Waals surface area contributed by atoms with Gasteiger partial charge >= 0.3 is 11.9 Å². The van der Waals surface area contributed by atoms with Crippen molar-refractivity contribution >= 4 is 50.0 Å². The number of nitrogens with one attached hydrogen (secondary N) is 4. The number of hydrogen-bond acceptors (Lipinski definition) is 13. The number of halogens is 2. The smallest absolute Gasteiger partial charge is 0.303 e. The minimum Gasteiger partial charge on any atom is -0.481 e. The molecule has 3 aromatic heterocycles. The van der Waals surface area contributed by atoms with Gasteiger partial charge in [0.2, 0.25) is 23.5 Å². The summed E-state index contributed by atoms with van der Waals surface area (Å²) in [6, 6.07) is 17.9. The Labute approximate surface area is 389 Å². The number of ether oxygens (including phenoxy) is 4. The van der Waals surface area contributed by atoms with E-state index >= 15 is 0 Å². The van der Waals surface area contributed by atoms with E-state index in [1.807, 2.05) is 42.5 Å². The Kier molecular flexibility index (Phi) is 19.6. The summed E-state index contributed by atoms with van der Waals surface area (Å²) < 4.78 is 26.2. The molecular formula is C46H54Br2N8O8. The van der Waals surface area contributed by atoms with E-state index in [1.165, 1.54) is 6.08 Å². The second-order valence-corrected chi connectivity index (χ2v) is 16.5. The van der Waals surface area contributed by atoms with Crippen LogP contribution in [0.15, 0.2) is 81.5 Å². The maximum Gasteiger partial charge on any atom is 0.303 e. The topological polar surface area (TPSA) is 240 Å². The van der Waals surface area contributed by atoms with Gasteiger partial charge in [-0.2, -0.15) is 15.1 Å². The molecule has 0 amide bonds. The average molecular weight is 1010 g/mol. The highest BCUT2D eigenvalue weighted by Crippen LogP contribution is 2.35. The van der Waals surface area contributed by atoms with E-state index in [1.54, 1.807) is 6.20 Å². The molecule has 0 aliphatic carbocycles. The summed E-state index contributed by atoms with van der Waals surface area (Å²) in [5, 5.41) is 38.7. The first kappa shape index (κ1) is 49.2. The van der Waals surface area contributed by atoms with Crippen LogP contribution < -0.4 is 35.3 Å². The van der Waals surface area contributed by atoms with Crippen LogP contribution in [0, 0.1) is 19.3 Å². The normalized spacial score (nSPS) is 11.3. The fourth-order valence-electron chi connectivity index (χ4n) is 6.56. The van der Waals surface area contributed by atoms with Crippen molar-refractivity contribution in [3.8, 4) is 34.6 Å². The highest BCUT2D eigenvalue weighted by atomic mass is 79.9. The third-order valence-electron chi connectivity index (χ3n) is 10.1. The fourth-order valence-corrected chi connectivity index (χ4v) is 7.52. The highest BCUT2D eigenvalue weighted by Gasteiger charge is 2.18. The molecule has 8 N–H and O–H groups in total. The second kappa shape index (κ2) is 25.5. The van der Waals surface area contributed by atoms with Gasteiger partial charge in [-0.25, -0.2) is 0 Å². The Morgan fingerprint density at radius 3 is 1.72 bits per heavy atom. The Bertz CT molecular complexity index is 2380. The number of nitrogens with two attached hydrogens (primary N) is 1. The minimum atomic E-state index is -0.843. The number of carboxylic acid groups (broad SMARTS) is 2. The van der Waals surface area contributed by atoms with Gasteiger partial charge in [-0.15, -0.1) is 0 Å². The van der Waals surface area contributed by atoms with Gasteiger partial charge in [0.25, 0.3) is 0 Å². The highest BCUT2D eigenvalue weighted by molar-refractivity contribution is 9.10. The van der Waals surface area contributed by atoms with Crippen LogP contribution in [0.1, 0.15) is 71.2 Å². The summed E-state index contributed by atoms with van der Waals surface area (Å²) in [6.07, 6.45) is 6.48. The van der Waals surface area contributed by atoms with Crippen LogP contribution in [0.5, 0.6) is 23.5 Å². The molecule has 0 radical (unpaired) electrons. The molecule has 0 spiro atoms. The first-order valence-corrected chi connectivity index (χ1v) is 22.4. The van der Waals surface area contributed by atoms with E-state index in [2.05, 4.69) is 78.7 Å². The summed E-state index contributed by atoms with van der Waals surface area (Å²) in [5.41, 5.74) is 15.1. The number of carboxylic acids is 2. The van der Waals surface area contributed by atoms with E-state index in [0.717, 1.165) is 56.4 Å². The van der Waals surface area contributed by atoms with Gasteiger partial charge in [-0.1, -0.05) is 36.4 Å². The van der Waals surface area contributed by atoms with Gasteiger partial charge < -0.3 is 50.9 Å². The Morgan fingerprint density at radius 2 is 1.25 bits per heavy atom. The van der Waals surface area contributed by atoms with Crippen molar-refractivity contribution in [3.63, 3.8) is 0 Å². The van der Waals surface area contributed by atoms with Crippen LogP contribution in [0.3, 0.4) is 0 Å². The zero-order valence-corrected chi connectivity index (χ0v) is 39.0. The van der Waals surface area contributed by atoms with Crippen LogP contribution in [0.25, 0.3) is 11.1 Å².